The minimum Gasteiger partial charge on any atom is -0.508 e. The Morgan fingerprint density at radius 2 is 1.51 bits per heavy atom. The summed E-state index contributed by atoms with van der Waals surface area (Å²) in [6.45, 7) is 2.00. The van der Waals surface area contributed by atoms with Gasteiger partial charge in [0.05, 0.1) is 12.7 Å². The quantitative estimate of drug-likeness (QED) is 0.135. The van der Waals surface area contributed by atoms with Crippen molar-refractivity contribution in [3.8, 4) is 17.2 Å². The molecular formula is C38H36N2O5. The zero-order valence-corrected chi connectivity index (χ0v) is 25.2. The zero-order chi connectivity index (χ0) is 31.0. The van der Waals surface area contributed by atoms with E-state index >= 15 is 0 Å². The first kappa shape index (κ1) is 29.8. The Labute approximate surface area is 262 Å². The molecule has 0 saturated carbocycles. The number of H-pyrrole nitrogens is 1. The van der Waals surface area contributed by atoms with Crippen LogP contribution >= 0.6 is 0 Å². The Morgan fingerprint density at radius 1 is 0.800 bits per heavy atom. The number of carbonyl (C=O) groups excluding carboxylic acids is 1. The second-order valence-electron chi connectivity index (χ2n) is 11.0. The summed E-state index contributed by atoms with van der Waals surface area (Å²) in [6, 6.07) is 38.4. The van der Waals surface area contributed by atoms with Crippen LogP contribution in [0.3, 0.4) is 0 Å². The van der Waals surface area contributed by atoms with E-state index in [2.05, 4.69) is 40.2 Å². The lowest BCUT2D eigenvalue weighted by Crippen LogP contribution is -2.38. The minimum absolute atomic E-state index is 0.214. The first-order chi connectivity index (χ1) is 22.1. The summed E-state index contributed by atoms with van der Waals surface area (Å²) in [5.74, 6) is 1.19. The number of benzene rings is 5. The van der Waals surface area contributed by atoms with E-state index < -0.39 is 6.10 Å². The maximum absolute atomic E-state index is 13.4. The highest BCUT2D eigenvalue weighted by atomic mass is 16.5. The molecular weight excluding hydrogens is 564 g/mol. The molecule has 0 amide bonds. The lowest BCUT2D eigenvalue weighted by atomic mass is 10.0. The fourth-order valence-corrected chi connectivity index (χ4v) is 5.69. The van der Waals surface area contributed by atoms with E-state index in [-0.39, 0.29) is 11.7 Å². The smallest absolute Gasteiger partial charge is 0.338 e. The predicted molar refractivity (Wildman–Crippen MR) is 177 cm³/mol. The highest BCUT2D eigenvalue weighted by molar-refractivity contribution is 6.08. The van der Waals surface area contributed by atoms with Gasteiger partial charge in [0.25, 0.3) is 0 Å². The number of hydrogen-bond donors (Lipinski definition) is 2. The van der Waals surface area contributed by atoms with Crippen LogP contribution in [0.5, 0.6) is 17.2 Å². The maximum atomic E-state index is 13.4. The number of para-hydroxylation sites is 4. The van der Waals surface area contributed by atoms with E-state index in [1.54, 1.807) is 31.4 Å². The van der Waals surface area contributed by atoms with Crippen LogP contribution in [0, 0.1) is 0 Å². The van der Waals surface area contributed by atoms with Gasteiger partial charge in [-0.05, 0) is 53.6 Å². The summed E-state index contributed by atoms with van der Waals surface area (Å²) in [5, 5.41) is 12.2. The van der Waals surface area contributed by atoms with E-state index in [0.717, 1.165) is 32.9 Å². The maximum Gasteiger partial charge on any atom is 0.338 e. The number of aromatic amines is 1. The molecule has 1 unspecified atom stereocenters. The van der Waals surface area contributed by atoms with Crippen molar-refractivity contribution in [2.24, 2.45) is 0 Å². The van der Waals surface area contributed by atoms with Crippen LogP contribution in [0.25, 0.3) is 21.8 Å². The Hall–Kier alpha value is -5.27. The largest absolute Gasteiger partial charge is 0.508 e. The molecule has 1 aromatic heterocycles. The molecule has 1 heterocycles. The fourth-order valence-electron chi connectivity index (χ4n) is 5.69. The van der Waals surface area contributed by atoms with Crippen LogP contribution in [0.2, 0.25) is 0 Å². The van der Waals surface area contributed by atoms with E-state index in [1.165, 1.54) is 0 Å². The van der Waals surface area contributed by atoms with Crippen molar-refractivity contribution in [2.75, 3.05) is 26.8 Å². The van der Waals surface area contributed by atoms with Crippen molar-refractivity contribution in [1.29, 1.82) is 0 Å². The number of ether oxygens (including phenoxy) is 3. The van der Waals surface area contributed by atoms with Gasteiger partial charge in [-0.25, -0.2) is 4.79 Å². The van der Waals surface area contributed by atoms with Crippen LogP contribution in [0.15, 0.2) is 121 Å². The van der Waals surface area contributed by atoms with Gasteiger partial charge in [-0.15, -0.1) is 0 Å². The summed E-state index contributed by atoms with van der Waals surface area (Å²) in [5.41, 5.74) is 4.72. The van der Waals surface area contributed by atoms with Crippen LogP contribution in [-0.2, 0) is 17.7 Å². The number of nitrogens with zero attached hydrogens (tertiary/aromatic N) is 1. The van der Waals surface area contributed by atoms with E-state index in [1.807, 2.05) is 66.7 Å². The number of nitrogens with one attached hydrogen (secondary N) is 1. The number of hydrogen-bond acceptors (Lipinski definition) is 6. The van der Waals surface area contributed by atoms with Crippen molar-refractivity contribution in [2.45, 2.75) is 19.1 Å². The van der Waals surface area contributed by atoms with Crippen molar-refractivity contribution in [3.63, 3.8) is 0 Å². The van der Waals surface area contributed by atoms with E-state index in [4.69, 9.17) is 14.2 Å². The van der Waals surface area contributed by atoms with Crippen LogP contribution < -0.4 is 9.47 Å². The molecule has 0 bridgehead atoms. The fraction of sp³-hybridized carbons (Fsp3) is 0.184. The molecule has 0 aliphatic carbocycles. The summed E-state index contributed by atoms with van der Waals surface area (Å²) in [7, 11) is 1.62. The first-order valence-electron chi connectivity index (χ1n) is 15.1. The SMILES string of the molecule is COc1ccccc1OCCN(Cc1ccc(O)cc1)CC(Cc1cccc2c1[nH]c1ccccc12)OC(=O)c1ccccc1. The highest BCUT2D eigenvalue weighted by Gasteiger charge is 2.22. The average molecular weight is 601 g/mol. The predicted octanol–water partition coefficient (Wildman–Crippen LogP) is 7.38. The van der Waals surface area contributed by atoms with Crippen molar-refractivity contribution in [3.05, 3.63) is 138 Å². The van der Waals surface area contributed by atoms with Gasteiger partial charge in [-0.3, -0.25) is 4.90 Å². The Bertz CT molecular complexity index is 1870. The lowest BCUT2D eigenvalue weighted by molar-refractivity contribution is 0.0184. The molecule has 0 fully saturated rings. The highest BCUT2D eigenvalue weighted by Crippen LogP contribution is 2.29. The molecule has 7 nitrogen and oxygen atoms in total. The number of aromatic nitrogens is 1. The molecule has 6 rings (SSSR count). The molecule has 2 N–H and O–H groups in total. The summed E-state index contributed by atoms with van der Waals surface area (Å²) < 4.78 is 17.9. The normalized spacial score (nSPS) is 12.0. The monoisotopic (exact) mass is 600 g/mol. The number of phenols is 1. The molecule has 5 aromatic carbocycles. The molecule has 0 aliphatic heterocycles. The number of fused-ring (bicyclic) bond motifs is 3. The third-order valence-electron chi connectivity index (χ3n) is 7.90. The number of phenolic OH excluding ortho intramolecular Hbond substituents is 1. The van der Waals surface area contributed by atoms with Gasteiger partial charge in [0.1, 0.15) is 18.5 Å². The number of rotatable bonds is 13. The van der Waals surface area contributed by atoms with Gasteiger partial charge in [-0.2, -0.15) is 0 Å². The molecule has 0 radical (unpaired) electrons. The third kappa shape index (κ3) is 7.28. The van der Waals surface area contributed by atoms with Crippen LogP contribution in [-0.4, -0.2) is 53.9 Å². The van der Waals surface area contributed by atoms with Gasteiger partial charge in [0.2, 0.25) is 0 Å². The number of methoxy groups -OCH3 is 1. The number of aromatic hydroxyl groups is 1. The Balaban J connectivity index is 1.28. The van der Waals surface area contributed by atoms with Gasteiger partial charge in [0, 0.05) is 47.9 Å². The second-order valence-corrected chi connectivity index (χ2v) is 11.0. The first-order valence-corrected chi connectivity index (χ1v) is 15.1. The van der Waals surface area contributed by atoms with Gasteiger partial charge in [-0.1, -0.05) is 78.9 Å². The van der Waals surface area contributed by atoms with Gasteiger partial charge in [0.15, 0.2) is 11.5 Å². The molecule has 45 heavy (non-hydrogen) atoms. The van der Waals surface area contributed by atoms with Crippen molar-refractivity contribution in [1.82, 2.24) is 9.88 Å². The second kappa shape index (κ2) is 14.0. The standard InChI is InChI=1S/C38H36N2O5/c1-43-35-16-7-8-17-36(35)44-23-22-40(25-27-18-20-30(41)21-19-27)26-31(45-38(42)28-10-3-2-4-11-28)24-29-12-9-14-33-32-13-5-6-15-34(32)39-37(29)33/h2-21,31,39,41H,22-26H2,1H3. The molecule has 6 aromatic rings. The molecule has 1 atom stereocenters. The molecule has 7 heteroatoms. The average Bonchev–Trinajstić information content (AvgIpc) is 3.46. The number of carbonyl (C=O) groups is 1. The van der Waals surface area contributed by atoms with Gasteiger partial charge >= 0.3 is 5.97 Å². The summed E-state index contributed by atoms with van der Waals surface area (Å²) in [4.78, 5) is 19.2. The zero-order valence-electron chi connectivity index (χ0n) is 25.2. The molecule has 0 saturated heterocycles. The minimum atomic E-state index is -0.460. The summed E-state index contributed by atoms with van der Waals surface area (Å²) in [6.07, 6.45) is 0.0560. The third-order valence-corrected chi connectivity index (χ3v) is 7.90. The number of esters is 1. The van der Waals surface area contributed by atoms with Gasteiger partial charge < -0.3 is 24.3 Å². The summed E-state index contributed by atoms with van der Waals surface area (Å²) >= 11 is 0. The molecule has 0 aliphatic rings. The topological polar surface area (TPSA) is 84.0 Å². The molecule has 0 spiro atoms. The van der Waals surface area contributed by atoms with E-state index in [9.17, 15) is 9.90 Å². The van der Waals surface area contributed by atoms with E-state index in [0.29, 0.717) is 49.7 Å². The van der Waals surface area contributed by atoms with Crippen LogP contribution in [0.4, 0.5) is 0 Å². The van der Waals surface area contributed by atoms with Crippen molar-refractivity contribution < 1.29 is 24.1 Å². The Kier molecular flexibility index (Phi) is 9.27. The lowest BCUT2D eigenvalue weighted by Gasteiger charge is -2.28. The van der Waals surface area contributed by atoms with Crippen molar-refractivity contribution >= 4 is 27.8 Å². The van der Waals surface area contributed by atoms with Crippen LogP contribution in [0.1, 0.15) is 21.5 Å². The Morgan fingerprint density at radius 3 is 2.31 bits per heavy atom. The molecule has 228 valence electrons.